The summed E-state index contributed by atoms with van der Waals surface area (Å²) in [5, 5.41) is 0.465. The van der Waals surface area contributed by atoms with E-state index in [1.54, 1.807) is 30.2 Å². The largest absolute Gasteiger partial charge is 0.383 e. The van der Waals surface area contributed by atoms with Gasteiger partial charge < -0.3 is 9.30 Å². The Bertz CT molecular complexity index is 1060. The van der Waals surface area contributed by atoms with Gasteiger partial charge in [0.15, 0.2) is 4.80 Å². The van der Waals surface area contributed by atoms with Crippen LogP contribution in [-0.4, -0.2) is 29.4 Å². The van der Waals surface area contributed by atoms with Crippen molar-refractivity contribution in [1.82, 2.24) is 4.57 Å². The lowest BCUT2D eigenvalue weighted by Crippen LogP contribution is -2.19. The van der Waals surface area contributed by atoms with E-state index in [0.29, 0.717) is 28.8 Å². The van der Waals surface area contributed by atoms with E-state index in [1.165, 1.54) is 11.1 Å². The number of hydrogen-bond donors (Lipinski definition) is 0. The number of nitrogens with zero attached hydrogens (tertiary/aromatic N) is 2. The molecule has 1 heterocycles. The van der Waals surface area contributed by atoms with Gasteiger partial charge in [0.05, 0.1) is 16.8 Å². The van der Waals surface area contributed by atoms with Crippen LogP contribution >= 0.6 is 23.1 Å². The number of ether oxygens (including phenoxy) is 1. The summed E-state index contributed by atoms with van der Waals surface area (Å²) in [5.74, 6) is -0.211. The number of benzene rings is 2. The van der Waals surface area contributed by atoms with Gasteiger partial charge >= 0.3 is 0 Å². The second-order valence-electron chi connectivity index (χ2n) is 7.04. The zero-order valence-electron chi connectivity index (χ0n) is 17.0. The van der Waals surface area contributed by atoms with Crippen LogP contribution in [-0.2, 0) is 11.3 Å². The van der Waals surface area contributed by atoms with Crippen molar-refractivity contribution in [2.24, 2.45) is 4.99 Å². The minimum atomic E-state index is -0.211. The van der Waals surface area contributed by atoms with E-state index in [9.17, 15) is 4.79 Å². The molecule has 0 N–H and O–H groups in total. The number of thiazole rings is 1. The monoisotopic (exact) mass is 414 g/mol. The van der Waals surface area contributed by atoms with Crippen molar-refractivity contribution in [2.45, 2.75) is 44.4 Å². The SMILES string of the molecule is COCCn1c(=NC(=O)c2cccc(SC(C)C)c2)sc2cc(C)c(C)cc21. The summed E-state index contributed by atoms with van der Waals surface area (Å²) in [5.41, 5.74) is 4.19. The number of hydrogen-bond acceptors (Lipinski definition) is 4. The van der Waals surface area contributed by atoms with E-state index >= 15 is 0 Å². The minimum absolute atomic E-state index is 0.211. The van der Waals surface area contributed by atoms with E-state index < -0.39 is 0 Å². The van der Waals surface area contributed by atoms with Crippen LogP contribution in [0.4, 0.5) is 0 Å². The third-order valence-corrected chi connectivity index (χ3v) is 6.51. The molecule has 3 rings (SSSR count). The third kappa shape index (κ3) is 4.74. The Morgan fingerprint density at radius 2 is 1.96 bits per heavy atom. The first-order chi connectivity index (χ1) is 13.4. The molecule has 0 atom stereocenters. The normalized spacial score (nSPS) is 12.3. The molecule has 0 aliphatic rings. The molecule has 6 heteroatoms. The van der Waals surface area contributed by atoms with Gasteiger partial charge in [-0.1, -0.05) is 31.3 Å². The highest BCUT2D eigenvalue weighted by molar-refractivity contribution is 7.99. The molecule has 0 aliphatic carbocycles. The van der Waals surface area contributed by atoms with Gasteiger partial charge in [-0.3, -0.25) is 4.79 Å². The van der Waals surface area contributed by atoms with Gasteiger partial charge in [-0.05, 0) is 55.3 Å². The number of carbonyl (C=O) groups excluding carboxylic acids is 1. The second-order valence-corrected chi connectivity index (χ2v) is 9.70. The zero-order chi connectivity index (χ0) is 20.3. The number of aryl methyl sites for hydroxylation is 2. The smallest absolute Gasteiger partial charge is 0.279 e. The Morgan fingerprint density at radius 3 is 2.68 bits per heavy atom. The van der Waals surface area contributed by atoms with Crippen LogP contribution < -0.4 is 4.80 Å². The number of aromatic nitrogens is 1. The lowest BCUT2D eigenvalue weighted by atomic mass is 10.1. The fourth-order valence-corrected chi connectivity index (χ4v) is 4.96. The molecular weight excluding hydrogens is 388 g/mol. The molecule has 0 fully saturated rings. The van der Waals surface area contributed by atoms with Crippen molar-refractivity contribution >= 4 is 39.2 Å². The Labute approximate surface area is 174 Å². The molecule has 148 valence electrons. The predicted molar refractivity (Wildman–Crippen MR) is 118 cm³/mol. The molecular formula is C22H26N2O2S2. The fourth-order valence-electron chi connectivity index (χ4n) is 2.93. The van der Waals surface area contributed by atoms with E-state index in [2.05, 4.69) is 49.4 Å². The van der Waals surface area contributed by atoms with Crippen molar-refractivity contribution in [3.8, 4) is 0 Å². The minimum Gasteiger partial charge on any atom is -0.383 e. The summed E-state index contributed by atoms with van der Waals surface area (Å²) >= 11 is 3.29. The number of carbonyl (C=O) groups is 1. The van der Waals surface area contributed by atoms with Crippen LogP contribution in [0.2, 0.25) is 0 Å². The molecule has 4 nitrogen and oxygen atoms in total. The molecule has 0 unspecified atom stereocenters. The number of methoxy groups -OCH3 is 1. The van der Waals surface area contributed by atoms with Crippen LogP contribution in [0.1, 0.15) is 35.3 Å². The van der Waals surface area contributed by atoms with E-state index in [-0.39, 0.29) is 5.91 Å². The standard InChI is InChI=1S/C22H26N2O2S2/c1-14(2)27-18-8-6-7-17(13-18)21(25)23-22-24(9-10-26-5)19-11-15(3)16(4)12-20(19)28-22/h6-8,11-14H,9-10H2,1-5H3. The predicted octanol–water partition coefficient (Wildman–Crippen LogP) is 5.21. The Kier molecular flexibility index (Phi) is 6.75. The van der Waals surface area contributed by atoms with Gasteiger partial charge in [0.25, 0.3) is 5.91 Å². The van der Waals surface area contributed by atoms with Crippen LogP contribution in [0.3, 0.4) is 0 Å². The first-order valence-electron chi connectivity index (χ1n) is 9.34. The van der Waals surface area contributed by atoms with Gasteiger partial charge in [0.2, 0.25) is 0 Å². The molecule has 0 aliphatic heterocycles. The highest BCUT2D eigenvalue weighted by atomic mass is 32.2. The van der Waals surface area contributed by atoms with Crippen LogP contribution in [0.15, 0.2) is 46.3 Å². The third-order valence-electron chi connectivity index (χ3n) is 4.47. The topological polar surface area (TPSA) is 43.6 Å². The maximum atomic E-state index is 12.9. The molecule has 0 saturated carbocycles. The highest BCUT2D eigenvalue weighted by Gasteiger charge is 2.11. The quantitative estimate of drug-likeness (QED) is 0.520. The summed E-state index contributed by atoms with van der Waals surface area (Å²) in [7, 11) is 1.68. The fraction of sp³-hybridized carbons (Fsp3) is 0.364. The second kappa shape index (κ2) is 9.07. The summed E-state index contributed by atoms with van der Waals surface area (Å²) in [6, 6.07) is 12.0. The van der Waals surface area contributed by atoms with Crippen molar-refractivity contribution < 1.29 is 9.53 Å². The molecule has 0 saturated heterocycles. The molecule has 1 aromatic heterocycles. The molecule has 0 radical (unpaired) electrons. The lowest BCUT2D eigenvalue weighted by Gasteiger charge is -2.07. The van der Waals surface area contributed by atoms with Gasteiger partial charge in [-0.15, -0.1) is 11.8 Å². The molecule has 0 bridgehead atoms. The first kappa shape index (κ1) is 20.8. The zero-order valence-corrected chi connectivity index (χ0v) is 18.6. The average Bonchev–Trinajstić information content (AvgIpc) is 2.96. The van der Waals surface area contributed by atoms with Gasteiger partial charge in [-0.2, -0.15) is 4.99 Å². The maximum absolute atomic E-state index is 12.9. The summed E-state index contributed by atoms with van der Waals surface area (Å²) in [4.78, 5) is 19.2. The summed E-state index contributed by atoms with van der Waals surface area (Å²) < 4.78 is 8.49. The maximum Gasteiger partial charge on any atom is 0.279 e. The molecule has 1 amide bonds. The van der Waals surface area contributed by atoms with Gasteiger partial charge in [-0.25, -0.2) is 0 Å². The summed E-state index contributed by atoms with van der Waals surface area (Å²) in [6.07, 6.45) is 0. The average molecular weight is 415 g/mol. The van der Waals surface area contributed by atoms with Crippen LogP contribution in [0.25, 0.3) is 10.2 Å². The van der Waals surface area contributed by atoms with E-state index in [1.807, 2.05) is 24.3 Å². The number of thioether (sulfide) groups is 1. The Morgan fingerprint density at radius 1 is 1.21 bits per heavy atom. The van der Waals surface area contributed by atoms with Gasteiger partial charge in [0, 0.05) is 29.4 Å². The Hall–Kier alpha value is -1.89. The van der Waals surface area contributed by atoms with Gasteiger partial charge in [0.1, 0.15) is 0 Å². The van der Waals surface area contributed by atoms with Crippen molar-refractivity contribution in [2.75, 3.05) is 13.7 Å². The molecule has 28 heavy (non-hydrogen) atoms. The molecule has 2 aromatic carbocycles. The Balaban J connectivity index is 2.06. The molecule has 0 spiro atoms. The van der Waals surface area contributed by atoms with Crippen molar-refractivity contribution in [1.29, 1.82) is 0 Å². The van der Waals surface area contributed by atoms with Crippen LogP contribution in [0.5, 0.6) is 0 Å². The molecule has 3 aromatic rings. The highest BCUT2D eigenvalue weighted by Crippen LogP contribution is 2.24. The van der Waals surface area contributed by atoms with E-state index in [0.717, 1.165) is 15.1 Å². The van der Waals surface area contributed by atoms with E-state index in [4.69, 9.17) is 4.74 Å². The number of fused-ring (bicyclic) bond motifs is 1. The lowest BCUT2D eigenvalue weighted by molar-refractivity contribution is 0.0997. The van der Waals surface area contributed by atoms with Crippen LogP contribution in [0, 0.1) is 13.8 Å². The van der Waals surface area contributed by atoms with Crippen molar-refractivity contribution in [3.63, 3.8) is 0 Å². The van der Waals surface area contributed by atoms with Crippen molar-refractivity contribution in [3.05, 3.63) is 57.9 Å². The number of rotatable bonds is 6. The number of amides is 1. The first-order valence-corrected chi connectivity index (χ1v) is 11.0. The summed E-state index contributed by atoms with van der Waals surface area (Å²) in [6.45, 7) is 9.72.